The summed E-state index contributed by atoms with van der Waals surface area (Å²) in [7, 11) is 0. The van der Waals surface area contributed by atoms with Gasteiger partial charge in [0.15, 0.2) is 11.5 Å². The fraction of sp³-hybridized carbons (Fsp3) is 0.320. The maximum Gasteiger partial charge on any atom is 0.251 e. The first-order valence-corrected chi connectivity index (χ1v) is 11.1. The monoisotopic (exact) mass is 449 g/mol. The molecule has 0 spiro atoms. The van der Waals surface area contributed by atoms with Gasteiger partial charge in [0.2, 0.25) is 11.8 Å². The summed E-state index contributed by atoms with van der Waals surface area (Å²) in [5, 5.41) is 5.73. The van der Waals surface area contributed by atoms with Crippen LogP contribution < -0.4 is 20.1 Å². The van der Waals surface area contributed by atoms with E-state index in [2.05, 4.69) is 10.6 Å². The highest BCUT2D eigenvalue weighted by atomic mass is 16.6. The van der Waals surface area contributed by atoms with Crippen LogP contribution in [0.3, 0.4) is 0 Å². The van der Waals surface area contributed by atoms with E-state index in [0.29, 0.717) is 48.6 Å². The standard InChI is InChI=1S/C25H27N3O5/c1-2-28(16-23(29)26-20-10-11-21-22(15-20)33-14-13-32-21)24(30)12-5-17-3-6-18(7-4-17)25(31)27-19-8-9-19/h3-7,10-12,15,19H,2,8-9,13-14,16H2,1H3,(H,26,29)(H,27,31)/b12-5+. The Labute approximate surface area is 192 Å². The Balaban J connectivity index is 1.30. The number of hydrogen-bond acceptors (Lipinski definition) is 5. The number of carbonyl (C=O) groups excluding carboxylic acids is 3. The van der Waals surface area contributed by atoms with E-state index < -0.39 is 0 Å². The smallest absolute Gasteiger partial charge is 0.251 e. The minimum absolute atomic E-state index is 0.0750. The van der Waals surface area contributed by atoms with Gasteiger partial charge in [-0.15, -0.1) is 0 Å². The summed E-state index contributed by atoms with van der Waals surface area (Å²) < 4.78 is 11.0. The van der Waals surface area contributed by atoms with Crippen LogP contribution in [-0.2, 0) is 9.59 Å². The van der Waals surface area contributed by atoms with Crippen LogP contribution in [0, 0.1) is 0 Å². The number of nitrogens with one attached hydrogen (secondary N) is 2. The molecule has 0 radical (unpaired) electrons. The van der Waals surface area contributed by atoms with Gasteiger partial charge in [-0.25, -0.2) is 0 Å². The van der Waals surface area contributed by atoms with E-state index in [9.17, 15) is 14.4 Å². The first-order chi connectivity index (χ1) is 16.0. The molecule has 2 aliphatic rings. The number of rotatable bonds is 8. The van der Waals surface area contributed by atoms with Crippen molar-refractivity contribution in [2.75, 3.05) is 31.6 Å². The van der Waals surface area contributed by atoms with E-state index in [1.165, 1.54) is 11.0 Å². The molecule has 2 aromatic rings. The van der Waals surface area contributed by atoms with Crippen molar-refractivity contribution in [2.45, 2.75) is 25.8 Å². The number of likely N-dealkylation sites (N-methyl/N-ethyl adjacent to an activating group) is 1. The van der Waals surface area contributed by atoms with Gasteiger partial charge in [-0.2, -0.15) is 0 Å². The molecule has 0 aromatic heterocycles. The predicted octanol–water partition coefficient (Wildman–Crippen LogP) is 2.85. The van der Waals surface area contributed by atoms with E-state index in [4.69, 9.17) is 9.47 Å². The zero-order valence-electron chi connectivity index (χ0n) is 18.5. The number of nitrogens with zero attached hydrogens (tertiary/aromatic N) is 1. The maximum absolute atomic E-state index is 12.6. The average Bonchev–Trinajstić information content (AvgIpc) is 3.65. The molecule has 1 heterocycles. The third-order valence-electron chi connectivity index (χ3n) is 5.36. The van der Waals surface area contributed by atoms with Gasteiger partial charge >= 0.3 is 0 Å². The van der Waals surface area contributed by atoms with Crippen molar-refractivity contribution in [3.8, 4) is 11.5 Å². The molecule has 0 saturated heterocycles. The number of amides is 3. The van der Waals surface area contributed by atoms with Crippen molar-refractivity contribution < 1.29 is 23.9 Å². The minimum atomic E-state index is -0.304. The summed E-state index contributed by atoms with van der Waals surface area (Å²) in [6, 6.07) is 12.5. The molecular formula is C25H27N3O5. The third kappa shape index (κ3) is 6.12. The molecule has 1 aliphatic carbocycles. The van der Waals surface area contributed by atoms with Crippen LogP contribution in [0.5, 0.6) is 11.5 Å². The largest absolute Gasteiger partial charge is 0.486 e. The van der Waals surface area contributed by atoms with Crippen LogP contribution in [0.25, 0.3) is 6.08 Å². The number of benzene rings is 2. The second kappa shape index (κ2) is 10.2. The maximum atomic E-state index is 12.6. The van der Waals surface area contributed by atoms with E-state index in [1.54, 1.807) is 48.5 Å². The van der Waals surface area contributed by atoms with Crippen LogP contribution in [-0.4, -0.2) is 55.0 Å². The molecule has 3 amide bonds. The molecule has 4 rings (SSSR count). The number of anilines is 1. The zero-order valence-corrected chi connectivity index (χ0v) is 18.5. The summed E-state index contributed by atoms with van der Waals surface area (Å²) in [5.74, 6) is 0.574. The van der Waals surface area contributed by atoms with Crippen LogP contribution >= 0.6 is 0 Å². The molecule has 172 valence electrons. The van der Waals surface area contributed by atoms with E-state index in [1.807, 2.05) is 6.92 Å². The molecule has 0 bridgehead atoms. The van der Waals surface area contributed by atoms with Crippen molar-refractivity contribution in [1.29, 1.82) is 0 Å². The summed E-state index contributed by atoms with van der Waals surface area (Å²) in [6.45, 7) is 3.09. The lowest BCUT2D eigenvalue weighted by atomic mass is 10.1. The lowest BCUT2D eigenvalue weighted by Gasteiger charge is -2.20. The van der Waals surface area contributed by atoms with E-state index >= 15 is 0 Å². The summed E-state index contributed by atoms with van der Waals surface area (Å²) >= 11 is 0. The van der Waals surface area contributed by atoms with Crippen molar-refractivity contribution in [1.82, 2.24) is 10.2 Å². The van der Waals surface area contributed by atoms with Gasteiger partial charge in [0.25, 0.3) is 5.91 Å². The van der Waals surface area contributed by atoms with Gasteiger partial charge < -0.3 is 25.0 Å². The van der Waals surface area contributed by atoms with Gasteiger partial charge in [-0.3, -0.25) is 14.4 Å². The molecule has 8 heteroatoms. The Bertz CT molecular complexity index is 1060. The molecular weight excluding hydrogens is 422 g/mol. The van der Waals surface area contributed by atoms with E-state index in [0.717, 1.165) is 18.4 Å². The van der Waals surface area contributed by atoms with Gasteiger partial charge in [0.05, 0.1) is 0 Å². The Hall–Kier alpha value is -3.81. The minimum Gasteiger partial charge on any atom is -0.486 e. The highest BCUT2D eigenvalue weighted by Gasteiger charge is 2.23. The third-order valence-corrected chi connectivity index (χ3v) is 5.36. The van der Waals surface area contributed by atoms with Crippen LogP contribution in [0.15, 0.2) is 48.5 Å². The average molecular weight is 450 g/mol. The molecule has 1 aliphatic heterocycles. The Morgan fingerprint density at radius 3 is 2.45 bits per heavy atom. The van der Waals surface area contributed by atoms with Crippen molar-refractivity contribution in [3.63, 3.8) is 0 Å². The van der Waals surface area contributed by atoms with E-state index in [-0.39, 0.29) is 24.3 Å². The summed E-state index contributed by atoms with van der Waals surface area (Å²) in [6.07, 6.45) is 5.18. The van der Waals surface area contributed by atoms with Gasteiger partial charge in [0.1, 0.15) is 19.8 Å². The number of hydrogen-bond donors (Lipinski definition) is 2. The lowest BCUT2D eigenvalue weighted by Crippen LogP contribution is -2.36. The van der Waals surface area contributed by atoms with Gasteiger partial charge in [-0.1, -0.05) is 12.1 Å². The van der Waals surface area contributed by atoms with Crippen LogP contribution in [0.1, 0.15) is 35.7 Å². The van der Waals surface area contributed by atoms with Crippen molar-refractivity contribution in [2.24, 2.45) is 0 Å². The topological polar surface area (TPSA) is 97.0 Å². The van der Waals surface area contributed by atoms with Crippen molar-refractivity contribution in [3.05, 3.63) is 59.7 Å². The lowest BCUT2D eigenvalue weighted by molar-refractivity contribution is -0.130. The zero-order chi connectivity index (χ0) is 23.2. The van der Waals surface area contributed by atoms with Gasteiger partial charge in [-0.05, 0) is 55.7 Å². The second-order valence-electron chi connectivity index (χ2n) is 7.96. The molecule has 1 fully saturated rings. The molecule has 8 nitrogen and oxygen atoms in total. The molecule has 33 heavy (non-hydrogen) atoms. The summed E-state index contributed by atoms with van der Waals surface area (Å²) in [5.41, 5.74) is 1.97. The highest BCUT2D eigenvalue weighted by molar-refractivity contribution is 5.98. The normalized spacial score (nSPS) is 14.6. The Morgan fingerprint density at radius 2 is 1.76 bits per heavy atom. The fourth-order valence-corrected chi connectivity index (χ4v) is 3.36. The molecule has 0 unspecified atom stereocenters. The van der Waals surface area contributed by atoms with Crippen molar-refractivity contribution >= 4 is 29.5 Å². The first-order valence-electron chi connectivity index (χ1n) is 11.1. The Morgan fingerprint density at radius 1 is 1.03 bits per heavy atom. The number of carbonyl (C=O) groups is 3. The fourth-order valence-electron chi connectivity index (χ4n) is 3.36. The highest BCUT2D eigenvalue weighted by Crippen LogP contribution is 2.32. The molecule has 0 atom stereocenters. The first kappa shape index (κ1) is 22.4. The second-order valence-corrected chi connectivity index (χ2v) is 7.96. The SMILES string of the molecule is CCN(CC(=O)Nc1ccc2c(c1)OCCO2)C(=O)/C=C/c1ccc(C(=O)NC2CC2)cc1. The van der Waals surface area contributed by atoms with Crippen LogP contribution in [0.2, 0.25) is 0 Å². The Kier molecular flexibility index (Phi) is 6.92. The number of fused-ring (bicyclic) bond motifs is 1. The molecule has 1 saturated carbocycles. The molecule has 2 aromatic carbocycles. The predicted molar refractivity (Wildman–Crippen MR) is 124 cm³/mol. The number of ether oxygens (including phenoxy) is 2. The van der Waals surface area contributed by atoms with Gasteiger partial charge in [0, 0.05) is 36.0 Å². The molecule has 2 N–H and O–H groups in total. The summed E-state index contributed by atoms with van der Waals surface area (Å²) in [4.78, 5) is 38.6. The van der Waals surface area contributed by atoms with Crippen LogP contribution in [0.4, 0.5) is 5.69 Å². The quantitative estimate of drug-likeness (QED) is 0.604.